The molecule has 0 aromatic heterocycles. The molecule has 0 aliphatic carbocycles. The van der Waals surface area contributed by atoms with E-state index in [4.69, 9.17) is 9.47 Å². The van der Waals surface area contributed by atoms with Gasteiger partial charge < -0.3 is 9.47 Å². The van der Waals surface area contributed by atoms with Gasteiger partial charge in [0, 0.05) is 14.7 Å². The fourth-order valence-corrected chi connectivity index (χ4v) is 3.74. The molecule has 0 aliphatic rings. The largest absolute Gasteiger partial charge is 0.490 e. The molecule has 0 bridgehead atoms. The van der Waals surface area contributed by atoms with Crippen LogP contribution in [0.4, 0.5) is 0 Å². The Balaban J connectivity index is 1.74. The van der Waals surface area contributed by atoms with Crippen molar-refractivity contribution in [2.75, 3.05) is 6.61 Å². The van der Waals surface area contributed by atoms with Crippen molar-refractivity contribution in [2.45, 2.75) is 13.5 Å². The number of nitrogens with zero attached hydrogens (tertiary/aromatic N) is 2. The van der Waals surface area contributed by atoms with Crippen LogP contribution in [-0.4, -0.2) is 18.7 Å². The number of hydrazone groups is 1. The van der Waals surface area contributed by atoms with Crippen molar-refractivity contribution in [1.82, 2.24) is 5.43 Å². The van der Waals surface area contributed by atoms with Gasteiger partial charge in [-0.05, 0) is 93.5 Å². The Labute approximate surface area is 208 Å². The molecule has 6 nitrogen and oxygen atoms in total. The normalized spacial score (nSPS) is 10.6. The van der Waals surface area contributed by atoms with Gasteiger partial charge in [-0.1, -0.05) is 18.2 Å². The zero-order valence-electron chi connectivity index (χ0n) is 17.1. The zero-order chi connectivity index (χ0) is 22.9. The molecule has 0 radical (unpaired) electrons. The van der Waals surface area contributed by atoms with E-state index in [1.807, 2.05) is 43.3 Å². The topological polar surface area (TPSA) is 83.7 Å². The van der Waals surface area contributed by atoms with Crippen molar-refractivity contribution < 1.29 is 14.3 Å². The van der Waals surface area contributed by atoms with Crippen LogP contribution in [0.25, 0.3) is 0 Å². The summed E-state index contributed by atoms with van der Waals surface area (Å²) in [4.78, 5) is 12.2. The third kappa shape index (κ3) is 6.31. The monoisotopic (exact) mass is 603 g/mol. The fraction of sp³-hybridized carbons (Fsp3) is 0.125. The lowest BCUT2D eigenvalue weighted by molar-refractivity contribution is 0.0955. The molecule has 3 rings (SSSR count). The lowest BCUT2D eigenvalue weighted by atomic mass is 10.1. The van der Waals surface area contributed by atoms with Gasteiger partial charge in [-0.3, -0.25) is 4.79 Å². The second-order valence-corrected chi connectivity index (χ2v) is 8.63. The Morgan fingerprint density at radius 1 is 1.19 bits per heavy atom. The standard InChI is InChI=1S/C24H19BrIN3O3/c1-2-31-22-12-16(14-28-29-24(30)17-7-9-20(26)10-8-17)11-21(25)23(22)32-15-19-6-4-3-5-18(19)13-27/h3-12,14H,2,15H2,1H3,(H,29,30)/b28-14-. The SMILES string of the molecule is CCOc1cc(/C=N\NC(=O)c2ccc(I)cc2)cc(Br)c1OCc1ccccc1C#N. The lowest BCUT2D eigenvalue weighted by Gasteiger charge is -2.15. The molecule has 3 aromatic rings. The number of carbonyl (C=O) groups is 1. The van der Waals surface area contributed by atoms with Crippen molar-refractivity contribution in [3.63, 3.8) is 0 Å². The van der Waals surface area contributed by atoms with Gasteiger partial charge in [0.1, 0.15) is 6.61 Å². The number of ether oxygens (including phenoxy) is 2. The van der Waals surface area contributed by atoms with Crippen molar-refractivity contribution >= 4 is 50.6 Å². The molecule has 0 unspecified atom stereocenters. The van der Waals surface area contributed by atoms with Crippen LogP contribution in [-0.2, 0) is 6.61 Å². The minimum absolute atomic E-state index is 0.224. The second-order valence-electron chi connectivity index (χ2n) is 6.53. The van der Waals surface area contributed by atoms with Crippen LogP contribution in [0.15, 0.2) is 70.2 Å². The average Bonchev–Trinajstić information content (AvgIpc) is 2.79. The van der Waals surface area contributed by atoms with Crippen molar-refractivity contribution in [3.05, 3.63) is 91.0 Å². The van der Waals surface area contributed by atoms with Gasteiger partial charge in [0.15, 0.2) is 11.5 Å². The highest BCUT2D eigenvalue weighted by atomic mass is 127. The summed E-state index contributed by atoms with van der Waals surface area (Å²) < 4.78 is 13.4. The number of halogens is 2. The van der Waals surface area contributed by atoms with Crippen LogP contribution in [0.1, 0.15) is 34.0 Å². The number of benzene rings is 3. The van der Waals surface area contributed by atoms with Gasteiger partial charge in [0.2, 0.25) is 0 Å². The smallest absolute Gasteiger partial charge is 0.271 e. The van der Waals surface area contributed by atoms with Crippen LogP contribution in [0, 0.1) is 14.9 Å². The molecule has 0 spiro atoms. The molecule has 0 fully saturated rings. The minimum atomic E-state index is -0.294. The van der Waals surface area contributed by atoms with E-state index in [1.165, 1.54) is 6.21 Å². The summed E-state index contributed by atoms with van der Waals surface area (Å²) in [5, 5.41) is 13.3. The first-order valence-electron chi connectivity index (χ1n) is 9.68. The van der Waals surface area contributed by atoms with E-state index in [-0.39, 0.29) is 12.5 Å². The lowest BCUT2D eigenvalue weighted by Crippen LogP contribution is -2.17. The number of hydrogen-bond donors (Lipinski definition) is 1. The predicted octanol–water partition coefficient (Wildman–Crippen LogP) is 5.67. The Morgan fingerprint density at radius 3 is 2.66 bits per heavy atom. The number of nitriles is 1. The molecule has 162 valence electrons. The van der Waals surface area contributed by atoms with E-state index in [0.29, 0.717) is 39.3 Å². The van der Waals surface area contributed by atoms with E-state index in [2.05, 4.69) is 55.1 Å². The van der Waals surface area contributed by atoms with Crippen molar-refractivity contribution in [3.8, 4) is 17.6 Å². The molecule has 8 heteroatoms. The van der Waals surface area contributed by atoms with Crippen LogP contribution >= 0.6 is 38.5 Å². The van der Waals surface area contributed by atoms with Gasteiger partial charge >= 0.3 is 0 Å². The summed E-state index contributed by atoms with van der Waals surface area (Å²) in [6.45, 7) is 2.55. The van der Waals surface area contributed by atoms with Crippen molar-refractivity contribution in [1.29, 1.82) is 5.26 Å². The van der Waals surface area contributed by atoms with Crippen molar-refractivity contribution in [2.24, 2.45) is 5.10 Å². The Morgan fingerprint density at radius 2 is 1.94 bits per heavy atom. The second kappa shape index (κ2) is 11.6. The summed E-state index contributed by atoms with van der Waals surface area (Å²) in [6, 6.07) is 20.2. The van der Waals surface area contributed by atoms with Gasteiger partial charge in [-0.2, -0.15) is 10.4 Å². The highest BCUT2D eigenvalue weighted by Gasteiger charge is 2.13. The zero-order valence-corrected chi connectivity index (χ0v) is 20.9. The molecule has 3 aromatic carbocycles. The molecule has 0 heterocycles. The number of rotatable bonds is 8. The fourth-order valence-electron chi connectivity index (χ4n) is 2.80. The predicted molar refractivity (Wildman–Crippen MR) is 135 cm³/mol. The third-order valence-corrected chi connectivity index (χ3v) is 5.64. The van der Waals surface area contributed by atoms with Gasteiger partial charge in [-0.25, -0.2) is 5.43 Å². The summed E-state index contributed by atoms with van der Waals surface area (Å²) in [6.07, 6.45) is 1.53. The molecule has 0 saturated heterocycles. The Hall–Kier alpha value is -2.90. The maximum absolute atomic E-state index is 12.2. The van der Waals surface area contributed by atoms with Gasteiger partial charge in [0.05, 0.1) is 28.9 Å². The molecule has 32 heavy (non-hydrogen) atoms. The first-order valence-corrected chi connectivity index (χ1v) is 11.5. The first-order chi connectivity index (χ1) is 15.5. The van der Waals surface area contributed by atoms with Crippen LogP contribution < -0.4 is 14.9 Å². The molecular weight excluding hydrogens is 585 g/mol. The molecule has 1 amide bonds. The van der Waals surface area contributed by atoms with E-state index in [1.54, 1.807) is 24.3 Å². The van der Waals surface area contributed by atoms with Crippen LogP contribution in [0.5, 0.6) is 11.5 Å². The minimum Gasteiger partial charge on any atom is -0.490 e. The molecular formula is C24H19BrIN3O3. The maximum atomic E-state index is 12.2. The van der Waals surface area contributed by atoms with E-state index < -0.39 is 0 Å². The summed E-state index contributed by atoms with van der Waals surface area (Å²) in [5.74, 6) is 0.763. The first kappa shape index (κ1) is 23.8. The summed E-state index contributed by atoms with van der Waals surface area (Å²) >= 11 is 5.70. The maximum Gasteiger partial charge on any atom is 0.271 e. The van der Waals surface area contributed by atoms with Crippen LogP contribution in [0.3, 0.4) is 0 Å². The quantitative estimate of drug-likeness (QED) is 0.204. The van der Waals surface area contributed by atoms with Gasteiger partial charge in [-0.15, -0.1) is 0 Å². The van der Waals surface area contributed by atoms with Gasteiger partial charge in [0.25, 0.3) is 5.91 Å². The highest BCUT2D eigenvalue weighted by Crippen LogP contribution is 2.37. The number of carbonyl (C=O) groups excluding carboxylic acids is 1. The van der Waals surface area contributed by atoms with E-state index in [0.717, 1.165) is 9.13 Å². The number of hydrogen-bond acceptors (Lipinski definition) is 5. The van der Waals surface area contributed by atoms with Crippen LogP contribution in [0.2, 0.25) is 0 Å². The number of amides is 1. The highest BCUT2D eigenvalue weighted by molar-refractivity contribution is 14.1. The molecule has 0 atom stereocenters. The molecule has 1 N–H and O–H groups in total. The third-order valence-electron chi connectivity index (χ3n) is 4.33. The summed E-state index contributed by atoms with van der Waals surface area (Å²) in [5.41, 5.74) is 5.12. The average molecular weight is 604 g/mol. The van der Waals surface area contributed by atoms with E-state index in [9.17, 15) is 10.1 Å². The summed E-state index contributed by atoms with van der Waals surface area (Å²) in [7, 11) is 0. The van der Waals surface area contributed by atoms with E-state index >= 15 is 0 Å². The molecule has 0 saturated carbocycles. The molecule has 0 aliphatic heterocycles. The Kier molecular flexibility index (Phi) is 8.64. The Bertz CT molecular complexity index is 1170. The number of nitrogens with one attached hydrogen (secondary N) is 1.